The molecule has 0 radical (unpaired) electrons. The Morgan fingerprint density at radius 1 is 1.20 bits per heavy atom. The molecular weight excluding hydrogens is 310 g/mol. The molecule has 0 saturated carbocycles. The van der Waals surface area contributed by atoms with Gasteiger partial charge in [0, 0.05) is 23.1 Å². The third kappa shape index (κ3) is 9.81. The van der Waals surface area contributed by atoms with Crippen LogP contribution in [0.5, 0.6) is 5.75 Å². The first-order valence-electron chi connectivity index (χ1n) is 6.73. The Bertz CT molecular complexity index is 347. The maximum atomic E-state index is 5.64. The number of rotatable bonds is 9. The second-order valence-corrected chi connectivity index (χ2v) is 8.81. The van der Waals surface area contributed by atoms with Crippen LogP contribution in [0.1, 0.15) is 27.7 Å². The maximum absolute atomic E-state index is 5.64. The van der Waals surface area contributed by atoms with Crippen LogP contribution in [0, 0.1) is 0 Å². The smallest absolute Gasteiger partial charge is 0.119 e. The normalized spacial score (nSPS) is 11.2. The molecule has 20 heavy (non-hydrogen) atoms. The van der Waals surface area contributed by atoms with Gasteiger partial charge in [0.25, 0.3) is 0 Å². The number of hydrogen-bond acceptors (Lipinski definition) is 4. The molecule has 0 unspecified atom stereocenters. The predicted molar refractivity (Wildman–Crippen MR) is 96.5 cm³/mol. The molecule has 0 aromatic heterocycles. The fourth-order valence-electron chi connectivity index (χ4n) is 1.40. The van der Waals surface area contributed by atoms with Crippen molar-refractivity contribution in [3.63, 3.8) is 0 Å². The van der Waals surface area contributed by atoms with Gasteiger partial charge < -0.3 is 10.1 Å². The molecule has 0 aliphatic heterocycles. The highest BCUT2D eigenvalue weighted by Crippen LogP contribution is 2.37. The number of benzene rings is 1. The first-order chi connectivity index (χ1) is 8.99. The highest BCUT2D eigenvalue weighted by atomic mass is 35.5. The number of halogens is 1. The summed E-state index contributed by atoms with van der Waals surface area (Å²) in [4.78, 5) is 0. The maximum Gasteiger partial charge on any atom is 0.119 e. The molecule has 0 aliphatic rings. The fourth-order valence-corrected chi connectivity index (χ4v) is 3.55. The van der Waals surface area contributed by atoms with E-state index in [4.69, 9.17) is 4.74 Å². The van der Waals surface area contributed by atoms with Crippen LogP contribution in [0.4, 0.5) is 0 Å². The van der Waals surface area contributed by atoms with Gasteiger partial charge in [-0.15, -0.1) is 12.4 Å². The topological polar surface area (TPSA) is 21.3 Å². The first-order valence-corrected chi connectivity index (χ1v) is 8.94. The summed E-state index contributed by atoms with van der Waals surface area (Å²) in [6.07, 6.45) is 0. The summed E-state index contributed by atoms with van der Waals surface area (Å²) in [7, 11) is 3.90. The van der Waals surface area contributed by atoms with Gasteiger partial charge in [-0.3, -0.25) is 0 Å². The summed E-state index contributed by atoms with van der Waals surface area (Å²) in [5, 5.41) is 4.13. The van der Waals surface area contributed by atoms with Gasteiger partial charge in [0.15, 0.2) is 0 Å². The molecule has 0 amide bonds. The van der Waals surface area contributed by atoms with Crippen LogP contribution in [0.25, 0.3) is 0 Å². The van der Waals surface area contributed by atoms with Gasteiger partial charge >= 0.3 is 0 Å². The summed E-state index contributed by atoms with van der Waals surface area (Å²) in [6.45, 7) is 11.6. The standard InChI is InChI=1S/C15H25NOS2.ClH/c1-13(2)18-19-15(3,4)12-16-10-11-17-14-8-6-5-7-9-14;/h5-9,13,16H,10-12H2,1-4H3;1H. The van der Waals surface area contributed by atoms with Gasteiger partial charge in [0.05, 0.1) is 0 Å². The van der Waals surface area contributed by atoms with E-state index in [0.717, 1.165) is 18.8 Å². The summed E-state index contributed by atoms with van der Waals surface area (Å²) in [5.74, 6) is 0.938. The van der Waals surface area contributed by atoms with Crippen molar-refractivity contribution in [2.45, 2.75) is 37.7 Å². The van der Waals surface area contributed by atoms with E-state index in [1.165, 1.54) is 0 Å². The van der Waals surface area contributed by atoms with Crippen molar-refractivity contribution in [1.29, 1.82) is 0 Å². The van der Waals surface area contributed by atoms with Crippen LogP contribution in [-0.4, -0.2) is 29.7 Å². The Labute approximate surface area is 137 Å². The van der Waals surface area contributed by atoms with Crippen molar-refractivity contribution in [3.05, 3.63) is 30.3 Å². The van der Waals surface area contributed by atoms with Crippen LogP contribution in [-0.2, 0) is 0 Å². The van der Waals surface area contributed by atoms with Crippen molar-refractivity contribution in [1.82, 2.24) is 5.32 Å². The van der Waals surface area contributed by atoms with E-state index >= 15 is 0 Å². The second-order valence-electron chi connectivity index (χ2n) is 5.33. The Balaban J connectivity index is 0.00000361. The van der Waals surface area contributed by atoms with Crippen LogP contribution in [0.3, 0.4) is 0 Å². The lowest BCUT2D eigenvalue weighted by atomic mass is 10.2. The molecule has 1 rings (SSSR count). The summed E-state index contributed by atoms with van der Waals surface area (Å²) >= 11 is 0. The Morgan fingerprint density at radius 2 is 1.85 bits per heavy atom. The molecule has 116 valence electrons. The van der Waals surface area contributed by atoms with Gasteiger partial charge in [-0.2, -0.15) is 0 Å². The number of ether oxygens (including phenoxy) is 1. The molecule has 1 aromatic carbocycles. The minimum atomic E-state index is 0. The van der Waals surface area contributed by atoms with E-state index in [0.29, 0.717) is 11.9 Å². The van der Waals surface area contributed by atoms with Gasteiger partial charge in [-0.1, -0.05) is 53.6 Å². The molecule has 2 nitrogen and oxygen atoms in total. The zero-order valence-corrected chi connectivity index (χ0v) is 15.2. The minimum Gasteiger partial charge on any atom is -0.492 e. The minimum absolute atomic E-state index is 0. The first kappa shape index (κ1) is 20.0. The monoisotopic (exact) mass is 335 g/mol. The highest BCUT2D eigenvalue weighted by molar-refractivity contribution is 8.77. The van der Waals surface area contributed by atoms with E-state index in [1.54, 1.807) is 0 Å². The van der Waals surface area contributed by atoms with Gasteiger partial charge in [-0.25, -0.2) is 0 Å². The van der Waals surface area contributed by atoms with Crippen molar-refractivity contribution >= 4 is 34.0 Å². The van der Waals surface area contributed by atoms with E-state index in [2.05, 4.69) is 33.0 Å². The molecule has 0 bridgehead atoms. The lowest BCUT2D eigenvalue weighted by molar-refractivity contribution is 0.312. The molecule has 0 fully saturated rings. The van der Waals surface area contributed by atoms with E-state index < -0.39 is 0 Å². The Hall–Kier alpha value is -0.0300. The van der Waals surface area contributed by atoms with Crippen LogP contribution in [0.2, 0.25) is 0 Å². The predicted octanol–water partition coefficient (Wildman–Crippen LogP) is 4.65. The van der Waals surface area contributed by atoms with Crippen LogP contribution < -0.4 is 10.1 Å². The van der Waals surface area contributed by atoms with Gasteiger partial charge in [0.2, 0.25) is 0 Å². The molecular formula is C15H26ClNOS2. The Kier molecular flexibility index (Phi) is 10.6. The van der Waals surface area contributed by atoms with E-state index in [9.17, 15) is 0 Å². The highest BCUT2D eigenvalue weighted by Gasteiger charge is 2.18. The molecule has 5 heteroatoms. The number of nitrogens with one attached hydrogen (secondary N) is 1. The molecule has 0 saturated heterocycles. The molecule has 1 aromatic rings. The molecule has 0 heterocycles. The number of hydrogen-bond donors (Lipinski definition) is 1. The largest absolute Gasteiger partial charge is 0.492 e. The average Bonchev–Trinajstić information content (AvgIpc) is 2.37. The lowest BCUT2D eigenvalue weighted by Crippen LogP contribution is -2.34. The van der Waals surface area contributed by atoms with Crippen LogP contribution >= 0.6 is 34.0 Å². The third-order valence-electron chi connectivity index (χ3n) is 2.31. The van der Waals surface area contributed by atoms with Crippen molar-refractivity contribution in [2.75, 3.05) is 19.7 Å². The van der Waals surface area contributed by atoms with Crippen molar-refractivity contribution < 1.29 is 4.74 Å². The van der Waals surface area contributed by atoms with Gasteiger partial charge in [-0.05, 0) is 26.0 Å². The molecule has 0 spiro atoms. The lowest BCUT2D eigenvalue weighted by Gasteiger charge is -2.24. The molecule has 0 atom stereocenters. The second kappa shape index (κ2) is 10.7. The molecule has 1 N–H and O–H groups in total. The Morgan fingerprint density at radius 3 is 2.45 bits per heavy atom. The van der Waals surface area contributed by atoms with E-state index in [1.807, 2.05) is 51.9 Å². The van der Waals surface area contributed by atoms with Crippen molar-refractivity contribution in [2.24, 2.45) is 0 Å². The molecule has 0 aliphatic carbocycles. The van der Waals surface area contributed by atoms with Crippen molar-refractivity contribution in [3.8, 4) is 5.75 Å². The third-order valence-corrected chi connectivity index (χ3v) is 6.18. The fraction of sp³-hybridized carbons (Fsp3) is 0.600. The number of para-hydroxylation sites is 1. The zero-order chi connectivity index (χ0) is 14.1. The summed E-state index contributed by atoms with van der Waals surface area (Å²) in [5.41, 5.74) is 0. The summed E-state index contributed by atoms with van der Waals surface area (Å²) in [6, 6.07) is 9.95. The summed E-state index contributed by atoms with van der Waals surface area (Å²) < 4.78 is 5.90. The zero-order valence-electron chi connectivity index (χ0n) is 12.7. The quantitative estimate of drug-likeness (QED) is 0.523. The van der Waals surface area contributed by atoms with E-state index in [-0.39, 0.29) is 17.2 Å². The van der Waals surface area contributed by atoms with Crippen LogP contribution in [0.15, 0.2) is 30.3 Å². The van der Waals surface area contributed by atoms with Gasteiger partial charge in [0.1, 0.15) is 12.4 Å². The average molecular weight is 336 g/mol. The SMILES string of the molecule is CC(C)SSC(C)(C)CNCCOc1ccccc1.Cl.